The predicted octanol–water partition coefficient (Wildman–Crippen LogP) is 0.747. The molecule has 0 aromatic heterocycles. The Kier molecular flexibility index (Phi) is 3.09. The Hall–Kier alpha value is -0.120. The molecule has 5 unspecified atom stereocenters. The van der Waals surface area contributed by atoms with Gasteiger partial charge in [0.2, 0.25) is 0 Å². The molecule has 0 spiro atoms. The molecule has 72 valence electrons. The molecule has 1 rings (SSSR count). The molecule has 1 fully saturated rings. The summed E-state index contributed by atoms with van der Waals surface area (Å²) in [4.78, 5) is 0. The molecular formula is C9H18O3. The van der Waals surface area contributed by atoms with Crippen molar-refractivity contribution >= 4 is 0 Å². The van der Waals surface area contributed by atoms with E-state index in [0.29, 0.717) is 5.92 Å². The minimum Gasteiger partial charge on any atom is -0.388 e. The SMILES string of the molecule is CCC1OC(O)C(O)C(C)C1C. The van der Waals surface area contributed by atoms with Crippen molar-refractivity contribution in [1.82, 2.24) is 0 Å². The van der Waals surface area contributed by atoms with Gasteiger partial charge in [-0.2, -0.15) is 0 Å². The van der Waals surface area contributed by atoms with E-state index in [1.54, 1.807) is 0 Å². The topological polar surface area (TPSA) is 49.7 Å². The molecule has 1 saturated heterocycles. The van der Waals surface area contributed by atoms with E-state index in [-0.39, 0.29) is 12.0 Å². The predicted molar refractivity (Wildman–Crippen MR) is 45.5 cm³/mol. The second-order valence-corrected chi connectivity index (χ2v) is 3.68. The summed E-state index contributed by atoms with van der Waals surface area (Å²) in [6, 6.07) is 0. The highest BCUT2D eigenvalue weighted by atomic mass is 16.6. The molecule has 0 radical (unpaired) electrons. The summed E-state index contributed by atoms with van der Waals surface area (Å²) in [6.07, 6.45) is -0.766. The lowest BCUT2D eigenvalue weighted by molar-refractivity contribution is -0.250. The van der Waals surface area contributed by atoms with Gasteiger partial charge in [-0.05, 0) is 18.3 Å². The first-order chi connectivity index (χ1) is 5.57. The molecule has 12 heavy (non-hydrogen) atoms. The normalized spacial score (nSPS) is 49.2. The summed E-state index contributed by atoms with van der Waals surface area (Å²) in [6.45, 7) is 6.02. The van der Waals surface area contributed by atoms with Crippen LogP contribution in [0.5, 0.6) is 0 Å². The summed E-state index contributed by atoms with van der Waals surface area (Å²) < 4.78 is 5.24. The first-order valence-electron chi connectivity index (χ1n) is 4.59. The van der Waals surface area contributed by atoms with Crippen LogP contribution in [0.2, 0.25) is 0 Å². The van der Waals surface area contributed by atoms with E-state index < -0.39 is 12.4 Å². The van der Waals surface area contributed by atoms with E-state index in [2.05, 4.69) is 0 Å². The van der Waals surface area contributed by atoms with Crippen molar-refractivity contribution in [1.29, 1.82) is 0 Å². The van der Waals surface area contributed by atoms with E-state index >= 15 is 0 Å². The Morgan fingerprint density at radius 3 is 2.25 bits per heavy atom. The van der Waals surface area contributed by atoms with Crippen LogP contribution in [0.25, 0.3) is 0 Å². The van der Waals surface area contributed by atoms with E-state index in [4.69, 9.17) is 4.74 Å². The molecule has 0 saturated carbocycles. The number of rotatable bonds is 1. The largest absolute Gasteiger partial charge is 0.388 e. The zero-order valence-corrected chi connectivity index (χ0v) is 7.90. The monoisotopic (exact) mass is 174 g/mol. The van der Waals surface area contributed by atoms with Crippen molar-refractivity contribution < 1.29 is 14.9 Å². The standard InChI is InChI=1S/C9H18O3/c1-4-7-5(2)6(3)8(10)9(11)12-7/h5-11H,4H2,1-3H3. The first kappa shape index (κ1) is 9.96. The molecule has 3 nitrogen and oxygen atoms in total. The van der Waals surface area contributed by atoms with Gasteiger partial charge in [0.05, 0.1) is 6.10 Å². The van der Waals surface area contributed by atoms with Gasteiger partial charge in [0.15, 0.2) is 6.29 Å². The quantitative estimate of drug-likeness (QED) is 0.616. The van der Waals surface area contributed by atoms with Gasteiger partial charge in [0, 0.05) is 0 Å². The van der Waals surface area contributed by atoms with Crippen LogP contribution in [0.3, 0.4) is 0 Å². The van der Waals surface area contributed by atoms with Gasteiger partial charge < -0.3 is 14.9 Å². The van der Waals surface area contributed by atoms with Crippen molar-refractivity contribution in [3.63, 3.8) is 0 Å². The molecule has 0 aliphatic carbocycles. The van der Waals surface area contributed by atoms with E-state index in [0.717, 1.165) is 6.42 Å². The lowest BCUT2D eigenvalue weighted by Crippen LogP contribution is -2.48. The molecule has 0 aromatic rings. The Morgan fingerprint density at radius 2 is 1.75 bits per heavy atom. The zero-order chi connectivity index (χ0) is 9.30. The molecule has 1 aliphatic rings. The lowest BCUT2D eigenvalue weighted by atomic mass is 9.83. The summed E-state index contributed by atoms with van der Waals surface area (Å²) in [5.41, 5.74) is 0. The number of ether oxygens (including phenoxy) is 1. The first-order valence-corrected chi connectivity index (χ1v) is 4.59. The van der Waals surface area contributed by atoms with Crippen LogP contribution in [-0.2, 0) is 4.74 Å². The molecule has 3 heteroatoms. The third kappa shape index (κ3) is 1.63. The summed E-state index contributed by atoms with van der Waals surface area (Å²) in [5, 5.41) is 18.8. The Bertz CT molecular complexity index is 144. The summed E-state index contributed by atoms with van der Waals surface area (Å²) >= 11 is 0. The Morgan fingerprint density at radius 1 is 1.17 bits per heavy atom. The third-order valence-electron chi connectivity index (χ3n) is 2.96. The number of aliphatic hydroxyl groups is 2. The smallest absolute Gasteiger partial charge is 0.181 e. The maximum Gasteiger partial charge on any atom is 0.181 e. The lowest BCUT2D eigenvalue weighted by Gasteiger charge is -2.40. The van der Waals surface area contributed by atoms with Crippen LogP contribution in [-0.4, -0.2) is 28.7 Å². The summed E-state index contributed by atoms with van der Waals surface area (Å²) in [5.74, 6) is 0.423. The Balaban J connectivity index is 2.63. The van der Waals surface area contributed by atoms with Crippen LogP contribution in [0.15, 0.2) is 0 Å². The molecule has 0 bridgehead atoms. The van der Waals surface area contributed by atoms with Crippen LogP contribution < -0.4 is 0 Å². The van der Waals surface area contributed by atoms with Crippen molar-refractivity contribution in [2.24, 2.45) is 11.8 Å². The fraction of sp³-hybridized carbons (Fsp3) is 1.00. The average Bonchev–Trinajstić information content (AvgIpc) is 2.08. The second-order valence-electron chi connectivity index (χ2n) is 3.68. The van der Waals surface area contributed by atoms with Crippen LogP contribution >= 0.6 is 0 Å². The molecular weight excluding hydrogens is 156 g/mol. The minimum atomic E-state index is -0.999. The van der Waals surface area contributed by atoms with Crippen LogP contribution in [0.1, 0.15) is 27.2 Å². The average molecular weight is 174 g/mol. The van der Waals surface area contributed by atoms with Crippen molar-refractivity contribution in [2.45, 2.75) is 45.7 Å². The van der Waals surface area contributed by atoms with Crippen molar-refractivity contribution in [3.05, 3.63) is 0 Å². The molecule has 0 amide bonds. The zero-order valence-electron chi connectivity index (χ0n) is 7.90. The van der Waals surface area contributed by atoms with Crippen molar-refractivity contribution in [2.75, 3.05) is 0 Å². The fourth-order valence-corrected chi connectivity index (χ4v) is 1.76. The maximum absolute atomic E-state index is 9.45. The highest BCUT2D eigenvalue weighted by Gasteiger charge is 2.38. The third-order valence-corrected chi connectivity index (χ3v) is 2.96. The maximum atomic E-state index is 9.45. The van der Waals surface area contributed by atoms with Gasteiger partial charge >= 0.3 is 0 Å². The van der Waals surface area contributed by atoms with Gasteiger partial charge in [-0.15, -0.1) is 0 Å². The van der Waals surface area contributed by atoms with E-state index in [1.807, 2.05) is 20.8 Å². The van der Waals surface area contributed by atoms with Gasteiger partial charge in [0.25, 0.3) is 0 Å². The van der Waals surface area contributed by atoms with Gasteiger partial charge in [-0.25, -0.2) is 0 Å². The molecule has 1 aliphatic heterocycles. The van der Waals surface area contributed by atoms with Gasteiger partial charge in [-0.1, -0.05) is 20.8 Å². The van der Waals surface area contributed by atoms with Gasteiger partial charge in [-0.3, -0.25) is 0 Å². The summed E-state index contributed by atoms with van der Waals surface area (Å²) in [7, 11) is 0. The number of hydrogen-bond acceptors (Lipinski definition) is 3. The molecule has 5 atom stereocenters. The fourth-order valence-electron chi connectivity index (χ4n) is 1.76. The number of hydrogen-bond donors (Lipinski definition) is 2. The number of aliphatic hydroxyl groups excluding tert-OH is 2. The van der Waals surface area contributed by atoms with E-state index in [9.17, 15) is 10.2 Å². The van der Waals surface area contributed by atoms with Crippen LogP contribution in [0, 0.1) is 11.8 Å². The van der Waals surface area contributed by atoms with Crippen LogP contribution in [0.4, 0.5) is 0 Å². The minimum absolute atomic E-state index is 0.0819. The molecule has 2 N–H and O–H groups in total. The molecule has 0 aromatic carbocycles. The van der Waals surface area contributed by atoms with E-state index in [1.165, 1.54) is 0 Å². The molecule has 1 heterocycles. The Labute approximate surface area is 73.4 Å². The van der Waals surface area contributed by atoms with Crippen molar-refractivity contribution in [3.8, 4) is 0 Å². The highest BCUT2D eigenvalue weighted by Crippen LogP contribution is 2.30. The van der Waals surface area contributed by atoms with Gasteiger partial charge in [0.1, 0.15) is 6.10 Å². The second kappa shape index (κ2) is 3.73. The highest BCUT2D eigenvalue weighted by molar-refractivity contribution is 4.82.